The maximum atomic E-state index is 11.9. The number of non-ortho nitro benzene ring substituents is 1. The van der Waals surface area contributed by atoms with Gasteiger partial charge in [0, 0.05) is 18.3 Å². The summed E-state index contributed by atoms with van der Waals surface area (Å²) in [5, 5.41) is 13.2. The van der Waals surface area contributed by atoms with E-state index in [9.17, 15) is 14.9 Å². The molecule has 0 aliphatic carbocycles. The van der Waals surface area contributed by atoms with Crippen LogP contribution in [-0.2, 0) is 0 Å². The number of nitro groups is 1. The number of hydrogen-bond donors (Lipinski definition) is 1. The molecule has 0 saturated carbocycles. The van der Waals surface area contributed by atoms with Crippen LogP contribution >= 0.6 is 11.6 Å². The summed E-state index contributed by atoms with van der Waals surface area (Å²) in [7, 11) is 0. The Kier molecular flexibility index (Phi) is 3.90. The molecule has 0 spiro atoms. The van der Waals surface area contributed by atoms with Crippen molar-refractivity contribution < 1.29 is 9.72 Å². The fraction of sp³-hybridized carbons (Fsp3) is 0.0833. The summed E-state index contributed by atoms with van der Waals surface area (Å²) in [6, 6.07) is 3.78. The molecule has 0 aliphatic heterocycles. The molecule has 1 aromatic carbocycles. The van der Waals surface area contributed by atoms with Crippen molar-refractivity contribution in [1.29, 1.82) is 0 Å². The third-order valence-electron chi connectivity index (χ3n) is 2.43. The van der Waals surface area contributed by atoms with Crippen LogP contribution in [-0.4, -0.2) is 20.8 Å². The van der Waals surface area contributed by atoms with E-state index in [0.29, 0.717) is 5.69 Å². The number of anilines is 1. The van der Waals surface area contributed by atoms with Gasteiger partial charge in [0.2, 0.25) is 0 Å². The Morgan fingerprint density at radius 3 is 2.65 bits per heavy atom. The average Bonchev–Trinajstić information content (AvgIpc) is 2.41. The first kappa shape index (κ1) is 13.9. The van der Waals surface area contributed by atoms with E-state index in [0.717, 1.165) is 6.07 Å². The van der Waals surface area contributed by atoms with Gasteiger partial charge in [-0.05, 0) is 13.0 Å². The zero-order valence-electron chi connectivity index (χ0n) is 10.3. The van der Waals surface area contributed by atoms with Crippen molar-refractivity contribution in [3.63, 3.8) is 0 Å². The van der Waals surface area contributed by atoms with Gasteiger partial charge in [0.05, 0.1) is 27.5 Å². The van der Waals surface area contributed by atoms with E-state index in [4.69, 9.17) is 11.6 Å². The first-order valence-electron chi connectivity index (χ1n) is 5.51. The largest absolute Gasteiger partial charge is 0.319 e. The molecule has 0 aliphatic rings. The Labute approximate surface area is 118 Å². The summed E-state index contributed by atoms with van der Waals surface area (Å²) in [5.74, 6) is -0.492. The van der Waals surface area contributed by atoms with Crippen LogP contribution in [0.4, 0.5) is 11.4 Å². The molecule has 0 saturated heterocycles. The highest BCUT2D eigenvalue weighted by atomic mass is 35.5. The number of nitro benzene ring substituents is 1. The molecule has 1 aromatic heterocycles. The summed E-state index contributed by atoms with van der Waals surface area (Å²) >= 11 is 5.88. The van der Waals surface area contributed by atoms with Crippen LogP contribution in [0.2, 0.25) is 5.02 Å². The number of nitrogens with one attached hydrogen (secondary N) is 1. The van der Waals surface area contributed by atoms with Crippen molar-refractivity contribution in [3.05, 3.63) is 57.1 Å². The average molecular weight is 293 g/mol. The number of halogens is 1. The molecular weight excluding hydrogens is 284 g/mol. The second-order valence-electron chi connectivity index (χ2n) is 3.92. The van der Waals surface area contributed by atoms with Crippen LogP contribution in [0.15, 0.2) is 30.6 Å². The summed E-state index contributed by atoms with van der Waals surface area (Å²) in [6.07, 6.45) is 2.80. The lowest BCUT2D eigenvalue weighted by Gasteiger charge is -2.06. The van der Waals surface area contributed by atoms with Crippen LogP contribution in [0.25, 0.3) is 0 Å². The number of aryl methyl sites for hydroxylation is 1. The van der Waals surface area contributed by atoms with Gasteiger partial charge < -0.3 is 5.32 Å². The molecule has 0 unspecified atom stereocenters. The fourth-order valence-electron chi connectivity index (χ4n) is 1.42. The van der Waals surface area contributed by atoms with Crippen molar-refractivity contribution in [2.45, 2.75) is 6.92 Å². The predicted octanol–water partition coefficient (Wildman–Crippen LogP) is 2.60. The second-order valence-corrected chi connectivity index (χ2v) is 4.33. The lowest BCUT2D eigenvalue weighted by atomic mass is 10.2. The minimum absolute atomic E-state index is 0.0765. The van der Waals surface area contributed by atoms with Gasteiger partial charge in [0.25, 0.3) is 11.6 Å². The lowest BCUT2D eigenvalue weighted by Crippen LogP contribution is -2.14. The van der Waals surface area contributed by atoms with Gasteiger partial charge in [-0.25, -0.2) is 4.98 Å². The van der Waals surface area contributed by atoms with Crippen LogP contribution in [0, 0.1) is 17.0 Å². The standard InChI is InChI=1S/C12H9ClN4O3/c1-7-5-15-11(6-14-7)12(18)16-10-3-2-8(17(19)20)4-9(10)13/h2-6H,1H3,(H,16,18). The molecule has 102 valence electrons. The van der Waals surface area contributed by atoms with E-state index in [-0.39, 0.29) is 22.1 Å². The van der Waals surface area contributed by atoms with Crippen molar-refractivity contribution in [2.24, 2.45) is 0 Å². The molecule has 2 rings (SSSR count). The van der Waals surface area contributed by atoms with Crippen molar-refractivity contribution in [3.8, 4) is 0 Å². The van der Waals surface area contributed by atoms with Crippen molar-refractivity contribution in [1.82, 2.24) is 9.97 Å². The number of amides is 1. The highest BCUT2D eigenvalue weighted by molar-refractivity contribution is 6.34. The molecule has 0 bridgehead atoms. The number of nitrogens with zero attached hydrogens (tertiary/aromatic N) is 3. The topological polar surface area (TPSA) is 98.0 Å². The Hall–Kier alpha value is -2.54. The Balaban J connectivity index is 2.19. The SMILES string of the molecule is Cc1cnc(C(=O)Nc2ccc([N+](=O)[O-])cc2Cl)cn1. The van der Waals surface area contributed by atoms with Crippen LogP contribution < -0.4 is 5.32 Å². The Morgan fingerprint density at radius 2 is 2.10 bits per heavy atom. The Bertz CT molecular complexity index is 673. The molecule has 0 atom stereocenters. The predicted molar refractivity (Wildman–Crippen MR) is 72.8 cm³/mol. The fourth-order valence-corrected chi connectivity index (χ4v) is 1.64. The number of hydrogen-bond acceptors (Lipinski definition) is 5. The van der Waals surface area contributed by atoms with Gasteiger partial charge in [-0.15, -0.1) is 0 Å². The molecule has 7 nitrogen and oxygen atoms in total. The minimum Gasteiger partial charge on any atom is -0.319 e. The summed E-state index contributed by atoms with van der Waals surface area (Å²) in [5.41, 5.74) is 0.938. The molecule has 8 heteroatoms. The van der Waals surface area contributed by atoms with E-state index in [1.165, 1.54) is 24.5 Å². The van der Waals surface area contributed by atoms with Gasteiger partial charge in [0.1, 0.15) is 5.69 Å². The number of carbonyl (C=O) groups excluding carboxylic acids is 1. The van der Waals surface area contributed by atoms with Crippen LogP contribution in [0.3, 0.4) is 0 Å². The van der Waals surface area contributed by atoms with Gasteiger partial charge in [-0.3, -0.25) is 19.9 Å². The first-order chi connectivity index (χ1) is 9.47. The smallest absolute Gasteiger partial charge is 0.275 e. The van der Waals surface area contributed by atoms with E-state index in [1.807, 2.05) is 0 Å². The first-order valence-corrected chi connectivity index (χ1v) is 5.89. The molecule has 1 amide bonds. The summed E-state index contributed by atoms with van der Waals surface area (Å²) < 4.78 is 0. The van der Waals surface area contributed by atoms with E-state index in [1.54, 1.807) is 6.92 Å². The molecule has 0 fully saturated rings. The molecule has 2 aromatic rings. The molecule has 20 heavy (non-hydrogen) atoms. The van der Waals surface area contributed by atoms with Gasteiger partial charge in [-0.1, -0.05) is 11.6 Å². The number of aromatic nitrogens is 2. The third-order valence-corrected chi connectivity index (χ3v) is 2.74. The van der Waals surface area contributed by atoms with Crippen molar-refractivity contribution >= 4 is 28.9 Å². The molecule has 0 radical (unpaired) electrons. The maximum absolute atomic E-state index is 11.9. The minimum atomic E-state index is -0.567. The van der Waals surface area contributed by atoms with E-state index < -0.39 is 10.8 Å². The zero-order valence-corrected chi connectivity index (χ0v) is 11.1. The highest BCUT2D eigenvalue weighted by Gasteiger charge is 2.13. The van der Waals surface area contributed by atoms with Gasteiger partial charge in [0.15, 0.2) is 0 Å². The monoisotopic (exact) mass is 292 g/mol. The van der Waals surface area contributed by atoms with E-state index >= 15 is 0 Å². The van der Waals surface area contributed by atoms with Gasteiger partial charge >= 0.3 is 0 Å². The Morgan fingerprint density at radius 1 is 1.35 bits per heavy atom. The number of rotatable bonds is 3. The molecule has 1 N–H and O–H groups in total. The summed E-state index contributed by atoms with van der Waals surface area (Å²) in [4.78, 5) is 29.8. The quantitative estimate of drug-likeness (QED) is 0.692. The number of benzene rings is 1. The molecular formula is C12H9ClN4O3. The van der Waals surface area contributed by atoms with Gasteiger partial charge in [-0.2, -0.15) is 0 Å². The second kappa shape index (κ2) is 5.62. The summed E-state index contributed by atoms with van der Waals surface area (Å²) in [6.45, 7) is 1.75. The zero-order chi connectivity index (χ0) is 14.7. The highest BCUT2D eigenvalue weighted by Crippen LogP contribution is 2.26. The lowest BCUT2D eigenvalue weighted by molar-refractivity contribution is -0.384. The normalized spacial score (nSPS) is 10.1. The van der Waals surface area contributed by atoms with Crippen LogP contribution in [0.1, 0.15) is 16.2 Å². The number of carbonyl (C=O) groups is 1. The van der Waals surface area contributed by atoms with E-state index in [2.05, 4.69) is 15.3 Å². The maximum Gasteiger partial charge on any atom is 0.275 e. The molecule has 1 heterocycles. The van der Waals surface area contributed by atoms with Crippen molar-refractivity contribution in [2.75, 3.05) is 5.32 Å². The third kappa shape index (κ3) is 3.07. The van der Waals surface area contributed by atoms with Crippen LogP contribution in [0.5, 0.6) is 0 Å².